The van der Waals surface area contributed by atoms with Crippen molar-refractivity contribution in [2.24, 2.45) is 16.8 Å². The summed E-state index contributed by atoms with van der Waals surface area (Å²) >= 11 is 0. The summed E-state index contributed by atoms with van der Waals surface area (Å²) in [5, 5.41) is 6.31. The maximum Gasteiger partial charge on any atom is 0.252 e. The van der Waals surface area contributed by atoms with E-state index in [0.717, 1.165) is 32.2 Å². The number of nitrogens with zero attached hydrogens (tertiary/aromatic N) is 1. The molecule has 0 aromatic carbocycles. The van der Waals surface area contributed by atoms with E-state index in [1.165, 1.54) is 12.8 Å². The van der Waals surface area contributed by atoms with E-state index in [1.807, 2.05) is 0 Å². The lowest BCUT2D eigenvalue weighted by Gasteiger charge is -2.36. The third kappa shape index (κ3) is 3.28. The highest BCUT2D eigenvalue weighted by atomic mass is 16.2. The minimum atomic E-state index is -0.371. The monoisotopic (exact) mass is 265 g/mol. The molecule has 1 saturated carbocycles. The van der Waals surface area contributed by atoms with E-state index in [0.29, 0.717) is 17.8 Å². The standard InChI is InChI=1S/C15H27N3O/c1-4-8-16-14-17-13(19)15(18-14)7-5-6-12(10-15)9-11(2)3/h11-12H,4-10H2,1-3H3,(H2,16,17,18,19). The van der Waals surface area contributed by atoms with E-state index >= 15 is 0 Å². The van der Waals surface area contributed by atoms with Crippen molar-refractivity contribution in [3.8, 4) is 0 Å². The molecule has 1 spiro atoms. The van der Waals surface area contributed by atoms with Crippen LogP contribution in [-0.2, 0) is 4.79 Å². The molecule has 1 heterocycles. The Kier molecular flexibility index (Phi) is 4.48. The molecule has 19 heavy (non-hydrogen) atoms. The van der Waals surface area contributed by atoms with Gasteiger partial charge in [-0.3, -0.25) is 15.1 Å². The van der Waals surface area contributed by atoms with Gasteiger partial charge in [0.15, 0.2) is 5.96 Å². The van der Waals surface area contributed by atoms with Crippen LogP contribution in [0.25, 0.3) is 0 Å². The van der Waals surface area contributed by atoms with Crippen LogP contribution < -0.4 is 10.6 Å². The second kappa shape index (κ2) is 5.93. The zero-order chi connectivity index (χ0) is 13.9. The van der Waals surface area contributed by atoms with E-state index in [2.05, 4.69) is 36.4 Å². The summed E-state index contributed by atoms with van der Waals surface area (Å²) in [6.07, 6.45) is 6.53. The predicted octanol–water partition coefficient (Wildman–Crippen LogP) is 2.45. The normalized spacial score (nSPS) is 32.9. The fourth-order valence-corrected chi connectivity index (χ4v) is 3.42. The Bertz CT molecular complexity index is 364. The third-order valence-corrected chi connectivity index (χ3v) is 4.18. The molecule has 4 nitrogen and oxygen atoms in total. The molecule has 1 aliphatic heterocycles. The predicted molar refractivity (Wildman–Crippen MR) is 78.0 cm³/mol. The van der Waals surface area contributed by atoms with Gasteiger partial charge in [-0.15, -0.1) is 0 Å². The van der Waals surface area contributed by atoms with Gasteiger partial charge in [0.25, 0.3) is 5.91 Å². The van der Waals surface area contributed by atoms with Crippen molar-refractivity contribution in [2.45, 2.75) is 64.8 Å². The second-order valence-corrected chi connectivity index (χ2v) is 6.48. The Morgan fingerprint density at radius 1 is 1.47 bits per heavy atom. The smallest absolute Gasteiger partial charge is 0.252 e. The van der Waals surface area contributed by atoms with Crippen molar-refractivity contribution >= 4 is 11.9 Å². The van der Waals surface area contributed by atoms with Crippen LogP contribution in [0.15, 0.2) is 4.99 Å². The number of guanidine groups is 1. The minimum Gasteiger partial charge on any atom is -0.342 e. The lowest BCUT2D eigenvalue weighted by molar-refractivity contribution is -0.125. The lowest BCUT2D eigenvalue weighted by atomic mass is 9.73. The Hall–Kier alpha value is -1.06. The average molecular weight is 265 g/mol. The molecule has 108 valence electrons. The zero-order valence-corrected chi connectivity index (χ0v) is 12.5. The molecule has 2 aliphatic rings. The van der Waals surface area contributed by atoms with Gasteiger partial charge in [-0.2, -0.15) is 0 Å². The number of hydrogen-bond acceptors (Lipinski definition) is 2. The summed E-state index contributed by atoms with van der Waals surface area (Å²) in [5.41, 5.74) is -0.371. The molecule has 0 aromatic heterocycles. The van der Waals surface area contributed by atoms with E-state index in [4.69, 9.17) is 0 Å². The van der Waals surface area contributed by atoms with E-state index in [-0.39, 0.29) is 11.4 Å². The first-order valence-corrected chi connectivity index (χ1v) is 7.70. The number of amides is 1. The highest BCUT2D eigenvalue weighted by Crippen LogP contribution is 2.37. The number of rotatable bonds is 4. The number of carbonyl (C=O) groups is 1. The minimum absolute atomic E-state index is 0.135. The van der Waals surface area contributed by atoms with E-state index in [1.54, 1.807) is 0 Å². The van der Waals surface area contributed by atoms with Gasteiger partial charge in [0, 0.05) is 6.54 Å². The molecular weight excluding hydrogens is 238 g/mol. The van der Waals surface area contributed by atoms with Crippen molar-refractivity contribution < 1.29 is 4.79 Å². The first-order valence-electron chi connectivity index (χ1n) is 7.70. The molecule has 1 amide bonds. The summed E-state index contributed by atoms with van der Waals surface area (Å²) in [6.45, 7) is 7.39. The van der Waals surface area contributed by atoms with Crippen molar-refractivity contribution in [3.63, 3.8) is 0 Å². The summed E-state index contributed by atoms with van der Waals surface area (Å²) < 4.78 is 0. The fourth-order valence-electron chi connectivity index (χ4n) is 3.42. The molecule has 1 saturated heterocycles. The lowest BCUT2D eigenvalue weighted by Crippen LogP contribution is -2.50. The van der Waals surface area contributed by atoms with Gasteiger partial charge < -0.3 is 5.32 Å². The molecular formula is C15H27N3O. The van der Waals surface area contributed by atoms with Crippen molar-refractivity contribution in [1.29, 1.82) is 0 Å². The second-order valence-electron chi connectivity index (χ2n) is 6.48. The summed E-state index contributed by atoms with van der Waals surface area (Å²) in [5.74, 6) is 2.20. The van der Waals surface area contributed by atoms with Crippen LogP contribution in [0.4, 0.5) is 0 Å². The maximum atomic E-state index is 12.3. The summed E-state index contributed by atoms with van der Waals surface area (Å²) in [7, 11) is 0. The summed E-state index contributed by atoms with van der Waals surface area (Å²) in [6, 6.07) is 0. The van der Waals surface area contributed by atoms with Crippen molar-refractivity contribution in [2.75, 3.05) is 6.54 Å². The van der Waals surface area contributed by atoms with Gasteiger partial charge in [0.05, 0.1) is 0 Å². The highest BCUT2D eigenvalue weighted by molar-refractivity contribution is 6.09. The largest absolute Gasteiger partial charge is 0.342 e. The number of hydrogen-bond donors (Lipinski definition) is 2. The van der Waals surface area contributed by atoms with Crippen molar-refractivity contribution in [3.05, 3.63) is 0 Å². The number of aliphatic imine (C=N–C) groups is 1. The van der Waals surface area contributed by atoms with Crippen LogP contribution in [0.3, 0.4) is 0 Å². The van der Waals surface area contributed by atoms with Crippen LogP contribution >= 0.6 is 0 Å². The molecule has 2 N–H and O–H groups in total. The molecule has 2 rings (SSSR count). The Morgan fingerprint density at radius 3 is 2.95 bits per heavy atom. The number of carbonyl (C=O) groups excluding carboxylic acids is 1. The quantitative estimate of drug-likeness (QED) is 0.820. The van der Waals surface area contributed by atoms with Gasteiger partial charge in [-0.1, -0.05) is 33.6 Å². The zero-order valence-electron chi connectivity index (χ0n) is 12.5. The first kappa shape index (κ1) is 14.4. The van der Waals surface area contributed by atoms with Crippen LogP contribution in [0.1, 0.15) is 59.3 Å². The van der Waals surface area contributed by atoms with Crippen LogP contribution in [0, 0.1) is 11.8 Å². The molecule has 0 radical (unpaired) electrons. The Labute approximate surface area is 116 Å². The average Bonchev–Trinajstić information content (AvgIpc) is 2.63. The molecule has 2 unspecified atom stereocenters. The van der Waals surface area contributed by atoms with Crippen LogP contribution in [0.2, 0.25) is 0 Å². The Morgan fingerprint density at radius 2 is 2.26 bits per heavy atom. The van der Waals surface area contributed by atoms with Crippen LogP contribution in [-0.4, -0.2) is 24.0 Å². The first-order chi connectivity index (χ1) is 9.05. The van der Waals surface area contributed by atoms with Crippen molar-refractivity contribution in [1.82, 2.24) is 10.6 Å². The third-order valence-electron chi connectivity index (χ3n) is 4.18. The van der Waals surface area contributed by atoms with Gasteiger partial charge in [-0.25, -0.2) is 0 Å². The molecule has 0 bridgehead atoms. The fraction of sp³-hybridized carbons (Fsp3) is 0.867. The van der Waals surface area contributed by atoms with Gasteiger partial charge >= 0.3 is 0 Å². The van der Waals surface area contributed by atoms with Crippen LogP contribution in [0.5, 0.6) is 0 Å². The van der Waals surface area contributed by atoms with Gasteiger partial charge in [0.2, 0.25) is 0 Å². The van der Waals surface area contributed by atoms with Gasteiger partial charge in [-0.05, 0) is 37.5 Å². The van der Waals surface area contributed by atoms with Gasteiger partial charge in [0.1, 0.15) is 5.54 Å². The molecule has 2 fully saturated rings. The maximum absolute atomic E-state index is 12.3. The topological polar surface area (TPSA) is 53.5 Å². The van der Waals surface area contributed by atoms with E-state index < -0.39 is 0 Å². The molecule has 1 aliphatic carbocycles. The molecule has 4 heteroatoms. The molecule has 0 aromatic rings. The highest BCUT2D eigenvalue weighted by Gasteiger charge is 2.47. The Balaban J connectivity index is 2.03. The SMILES string of the molecule is CCCN=C1NC(=O)C2(CCCC(CC(C)C)C2)N1. The molecule has 2 atom stereocenters. The summed E-state index contributed by atoms with van der Waals surface area (Å²) in [4.78, 5) is 16.7. The number of nitrogens with one attached hydrogen (secondary N) is 2. The van der Waals surface area contributed by atoms with E-state index in [9.17, 15) is 4.79 Å².